The number of nitrogens with one attached hydrogen (secondary N) is 1. The minimum Gasteiger partial charge on any atom is -0.457 e. The lowest BCUT2D eigenvalue weighted by atomic mass is 9.92. The average molecular weight is 421 g/mol. The van der Waals surface area contributed by atoms with Gasteiger partial charge in [-0.3, -0.25) is 4.79 Å². The van der Waals surface area contributed by atoms with E-state index in [-0.39, 0.29) is 24.2 Å². The van der Waals surface area contributed by atoms with Gasteiger partial charge in [-0.2, -0.15) is 0 Å². The Morgan fingerprint density at radius 1 is 1.10 bits per heavy atom. The highest BCUT2D eigenvalue weighted by molar-refractivity contribution is 5.94. The van der Waals surface area contributed by atoms with Crippen molar-refractivity contribution >= 4 is 24.0 Å². The molecule has 158 valence electrons. The third-order valence-electron chi connectivity index (χ3n) is 4.95. The van der Waals surface area contributed by atoms with E-state index < -0.39 is 6.04 Å². The maximum atomic E-state index is 12.4. The third kappa shape index (κ3) is 7.01. The van der Waals surface area contributed by atoms with Crippen molar-refractivity contribution in [3.63, 3.8) is 0 Å². The molecule has 1 fully saturated rings. The summed E-state index contributed by atoms with van der Waals surface area (Å²) in [6, 6.07) is 14.7. The van der Waals surface area contributed by atoms with Crippen LogP contribution in [0.15, 0.2) is 48.5 Å². The van der Waals surface area contributed by atoms with E-state index in [4.69, 9.17) is 19.9 Å². The van der Waals surface area contributed by atoms with Gasteiger partial charge in [-0.1, -0.05) is 12.1 Å². The molecule has 1 aliphatic heterocycles. The molecule has 1 saturated heterocycles. The maximum Gasteiger partial charge on any atom is 0.241 e. The van der Waals surface area contributed by atoms with Crippen LogP contribution in [0.5, 0.6) is 11.5 Å². The Labute approximate surface area is 178 Å². The fraction of sp³-hybridized carbons (Fsp3) is 0.409. The second-order valence-electron chi connectivity index (χ2n) is 6.98. The SMILES string of the molecule is COCCc1ccc(Oc2ccc(NC(=O)C(N)C3CCOCC3)cc2)cc1.Cl. The van der Waals surface area contributed by atoms with E-state index in [9.17, 15) is 4.79 Å². The number of hydrogen-bond donors (Lipinski definition) is 2. The van der Waals surface area contributed by atoms with Crippen molar-refractivity contribution in [2.24, 2.45) is 11.7 Å². The van der Waals surface area contributed by atoms with Crippen molar-refractivity contribution in [3.8, 4) is 11.5 Å². The van der Waals surface area contributed by atoms with Crippen LogP contribution in [0.25, 0.3) is 0 Å². The summed E-state index contributed by atoms with van der Waals surface area (Å²) in [5.41, 5.74) is 8.02. The first-order valence-electron chi connectivity index (χ1n) is 9.65. The van der Waals surface area contributed by atoms with Gasteiger partial charge < -0.3 is 25.3 Å². The molecule has 1 unspecified atom stereocenters. The van der Waals surface area contributed by atoms with E-state index in [1.807, 2.05) is 48.5 Å². The molecule has 0 aliphatic carbocycles. The highest BCUT2D eigenvalue weighted by Crippen LogP contribution is 2.24. The van der Waals surface area contributed by atoms with Gasteiger partial charge in [0.25, 0.3) is 0 Å². The molecule has 0 bridgehead atoms. The van der Waals surface area contributed by atoms with Gasteiger partial charge in [-0.05, 0) is 67.1 Å². The molecule has 1 amide bonds. The lowest BCUT2D eigenvalue weighted by Gasteiger charge is -2.26. The molecule has 0 saturated carbocycles. The summed E-state index contributed by atoms with van der Waals surface area (Å²) in [7, 11) is 1.70. The Morgan fingerprint density at radius 3 is 2.28 bits per heavy atom. The van der Waals surface area contributed by atoms with Crippen molar-refractivity contribution in [2.45, 2.75) is 25.3 Å². The number of ether oxygens (including phenoxy) is 3. The molecule has 2 aromatic carbocycles. The first-order valence-corrected chi connectivity index (χ1v) is 9.65. The number of methoxy groups -OCH3 is 1. The summed E-state index contributed by atoms with van der Waals surface area (Å²) in [4.78, 5) is 12.4. The summed E-state index contributed by atoms with van der Waals surface area (Å²) in [6.07, 6.45) is 2.53. The standard InChI is InChI=1S/C22H28N2O4.ClH/c1-26-13-10-16-2-6-19(7-3-16)28-20-8-4-18(5-9-20)24-22(25)21(23)17-11-14-27-15-12-17;/h2-9,17,21H,10-15,23H2,1H3,(H,24,25);1H. The number of carbonyl (C=O) groups is 1. The van der Waals surface area contributed by atoms with E-state index in [1.165, 1.54) is 5.56 Å². The molecule has 0 spiro atoms. The number of anilines is 1. The van der Waals surface area contributed by atoms with Crippen molar-refractivity contribution in [1.29, 1.82) is 0 Å². The zero-order valence-corrected chi connectivity index (χ0v) is 17.5. The number of benzene rings is 2. The van der Waals surface area contributed by atoms with Crippen LogP contribution in [0, 0.1) is 5.92 Å². The fourth-order valence-corrected chi connectivity index (χ4v) is 3.20. The minimum absolute atomic E-state index is 0. The van der Waals surface area contributed by atoms with Crippen LogP contribution >= 0.6 is 12.4 Å². The van der Waals surface area contributed by atoms with Gasteiger partial charge in [0.15, 0.2) is 0 Å². The normalized spacial score (nSPS) is 15.2. The second-order valence-corrected chi connectivity index (χ2v) is 6.98. The van der Waals surface area contributed by atoms with Gasteiger partial charge in [-0.15, -0.1) is 12.4 Å². The lowest BCUT2D eigenvalue weighted by Crippen LogP contribution is -2.43. The predicted octanol–water partition coefficient (Wildman–Crippen LogP) is 3.78. The maximum absolute atomic E-state index is 12.4. The van der Waals surface area contributed by atoms with Crippen LogP contribution in [0.3, 0.4) is 0 Å². The van der Waals surface area contributed by atoms with E-state index >= 15 is 0 Å². The summed E-state index contributed by atoms with van der Waals surface area (Å²) in [5, 5.41) is 2.88. The summed E-state index contributed by atoms with van der Waals surface area (Å²) >= 11 is 0. The van der Waals surface area contributed by atoms with Gasteiger partial charge in [-0.25, -0.2) is 0 Å². The molecule has 1 aliphatic rings. The van der Waals surface area contributed by atoms with Gasteiger partial charge in [0.2, 0.25) is 5.91 Å². The molecule has 7 heteroatoms. The van der Waals surface area contributed by atoms with Crippen molar-refractivity contribution in [2.75, 3.05) is 32.2 Å². The molecule has 3 rings (SSSR count). The van der Waals surface area contributed by atoms with Crippen molar-refractivity contribution < 1.29 is 19.0 Å². The van der Waals surface area contributed by atoms with Gasteiger partial charge in [0.05, 0.1) is 12.6 Å². The largest absolute Gasteiger partial charge is 0.457 e. The number of carbonyl (C=O) groups excluding carboxylic acids is 1. The van der Waals surface area contributed by atoms with Crippen molar-refractivity contribution in [1.82, 2.24) is 0 Å². The van der Waals surface area contributed by atoms with Crippen LogP contribution in [-0.4, -0.2) is 38.9 Å². The Balaban J connectivity index is 0.00000300. The Kier molecular flexibility index (Phi) is 9.41. The van der Waals surface area contributed by atoms with Crippen LogP contribution in [-0.2, 0) is 20.7 Å². The summed E-state index contributed by atoms with van der Waals surface area (Å²) in [6.45, 7) is 2.04. The molecule has 1 heterocycles. The smallest absolute Gasteiger partial charge is 0.241 e. The third-order valence-corrected chi connectivity index (χ3v) is 4.95. The fourth-order valence-electron chi connectivity index (χ4n) is 3.20. The highest BCUT2D eigenvalue weighted by atomic mass is 35.5. The molecule has 6 nitrogen and oxygen atoms in total. The van der Waals surface area contributed by atoms with E-state index in [1.54, 1.807) is 7.11 Å². The van der Waals surface area contributed by atoms with Gasteiger partial charge in [0.1, 0.15) is 11.5 Å². The molecule has 0 radical (unpaired) electrons. The molecule has 2 aromatic rings. The van der Waals surface area contributed by atoms with E-state index in [0.717, 1.165) is 25.0 Å². The molecular formula is C22H29ClN2O4. The zero-order chi connectivity index (χ0) is 19.8. The number of amides is 1. The quantitative estimate of drug-likeness (QED) is 0.679. The Hall–Kier alpha value is -2.12. The summed E-state index contributed by atoms with van der Waals surface area (Å²) < 4.78 is 16.3. The van der Waals surface area contributed by atoms with Crippen LogP contribution in [0.2, 0.25) is 0 Å². The van der Waals surface area contributed by atoms with Crippen LogP contribution in [0.4, 0.5) is 5.69 Å². The van der Waals surface area contributed by atoms with Crippen LogP contribution in [0.1, 0.15) is 18.4 Å². The zero-order valence-electron chi connectivity index (χ0n) is 16.6. The Bertz CT molecular complexity index is 746. The molecular weight excluding hydrogens is 392 g/mol. The topological polar surface area (TPSA) is 82.8 Å². The van der Waals surface area contributed by atoms with Crippen molar-refractivity contribution in [3.05, 3.63) is 54.1 Å². The van der Waals surface area contributed by atoms with Gasteiger partial charge >= 0.3 is 0 Å². The first-order chi connectivity index (χ1) is 13.7. The monoisotopic (exact) mass is 420 g/mol. The number of rotatable bonds is 8. The highest BCUT2D eigenvalue weighted by Gasteiger charge is 2.26. The second kappa shape index (κ2) is 11.8. The molecule has 1 atom stereocenters. The summed E-state index contributed by atoms with van der Waals surface area (Å²) in [5.74, 6) is 1.48. The molecule has 0 aromatic heterocycles. The van der Waals surface area contributed by atoms with E-state index in [0.29, 0.717) is 31.3 Å². The van der Waals surface area contributed by atoms with Crippen LogP contribution < -0.4 is 15.8 Å². The molecule has 3 N–H and O–H groups in total. The number of hydrogen-bond acceptors (Lipinski definition) is 5. The Morgan fingerprint density at radius 2 is 1.69 bits per heavy atom. The average Bonchev–Trinajstić information content (AvgIpc) is 2.74. The van der Waals surface area contributed by atoms with E-state index in [2.05, 4.69) is 5.32 Å². The van der Waals surface area contributed by atoms with Gasteiger partial charge in [0, 0.05) is 26.0 Å². The number of halogens is 1. The first kappa shape index (κ1) is 23.2. The molecule has 29 heavy (non-hydrogen) atoms. The lowest BCUT2D eigenvalue weighted by molar-refractivity contribution is -0.119. The minimum atomic E-state index is -0.517. The predicted molar refractivity (Wildman–Crippen MR) is 116 cm³/mol. The number of nitrogens with two attached hydrogens (primary N) is 1.